The highest BCUT2D eigenvalue weighted by molar-refractivity contribution is 5.49. The van der Waals surface area contributed by atoms with Crippen molar-refractivity contribution in [2.45, 2.75) is 59.2 Å². The summed E-state index contributed by atoms with van der Waals surface area (Å²) in [5.41, 5.74) is 4.69. The number of aryl methyl sites for hydroxylation is 1. The van der Waals surface area contributed by atoms with Crippen LogP contribution in [0.5, 0.6) is 0 Å². The molecule has 0 unspecified atom stereocenters. The van der Waals surface area contributed by atoms with Gasteiger partial charge in [-0.3, -0.25) is 0 Å². The predicted molar refractivity (Wildman–Crippen MR) is 102 cm³/mol. The number of aromatic nitrogens is 2. The first kappa shape index (κ1) is 17.7. The first-order chi connectivity index (χ1) is 12.0. The second-order valence-electron chi connectivity index (χ2n) is 7.07. The van der Waals surface area contributed by atoms with Crippen LogP contribution in [0.2, 0.25) is 0 Å². The van der Waals surface area contributed by atoms with E-state index in [2.05, 4.69) is 54.2 Å². The van der Waals surface area contributed by atoms with Crippen LogP contribution in [0.3, 0.4) is 0 Å². The Morgan fingerprint density at radius 3 is 2.64 bits per heavy atom. The van der Waals surface area contributed by atoms with E-state index < -0.39 is 6.10 Å². The van der Waals surface area contributed by atoms with Crippen molar-refractivity contribution in [3.8, 4) is 0 Å². The van der Waals surface area contributed by atoms with E-state index in [4.69, 9.17) is 4.98 Å². The summed E-state index contributed by atoms with van der Waals surface area (Å²) in [6.07, 6.45) is 1.45. The van der Waals surface area contributed by atoms with Crippen LogP contribution in [0.1, 0.15) is 56.2 Å². The van der Waals surface area contributed by atoms with Crippen molar-refractivity contribution in [2.75, 3.05) is 16.8 Å². The van der Waals surface area contributed by atoms with Crippen molar-refractivity contribution in [3.05, 3.63) is 46.6 Å². The van der Waals surface area contributed by atoms with Crippen LogP contribution in [0.15, 0.2) is 24.3 Å². The first-order valence-electron chi connectivity index (χ1n) is 9.15. The summed E-state index contributed by atoms with van der Waals surface area (Å²) in [6.45, 7) is 9.90. The molecule has 0 fully saturated rings. The standard InChI is InChI=1S/C20H28N4O/c1-5-18-11-19(23-20(22-18)21-13(2)3)24-9-8-16-10-15(14(4)25)6-7-17(16)12-24/h6-7,10-11,13-14,25H,5,8-9,12H2,1-4H3,(H,21,22,23)/t14-/m0/s1. The fourth-order valence-electron chi connectivity index (χ4n) is 3.18. The Bertz CT molecular complexity index is 742. The second-order valence-corrected chi connectivity index (χ2v) is 7.07. The minimum atomic E-state index is -0.415. The van der Waals surface area contributed by atoms with Crippen molar-refractivity contribution in [3.63, 3.8) is 0 Å². The minimum Gasteiger partial charge on any atom is -0.389 e. The number of nitrogens with zero attached hydrogens (tertiary/aromatic N) is 3. The highest BCUT2D eigenvalue weighted by atomic mass is 16.3. The van der Waals surface area contributed by atoms with E-state index in [0.717, 1.165) is 43.0 Å². The summed E-state index contributed by atoms with van der Waals surface area (Å²) in [7, 11) is 0. The topological polar surface area (TPSA) is 61.3 Å². The lowest BCUT2D eigenvalue weighted by atomic mass is 9.96. The first-order valence-corrected chi connectivity index (χ1v) is 9.15. The molecule has 1 aliphatic heterocycles. The zero-order valence-electron chi connectivity index (χ0n) is 15.6. The molecule has 0 radical (unpaired) electrons. The van der Waals surface area contributed by atoms with Gasteiger partial charge >= 0.3 is 0 Å². The van der Waals surface area contributed by atoms with Crippen molar-refractivity contribution >= 4 is 11.8 Å². The quantitative estimate of drug-likeness (QED) is 0.873. The fourth-order valence-corrected chi connectivity index (χ4v) is 3.18. The van der Waals surface area contributed by atoms with Gasteiger partial charge in [0.2, 0.25) is 5.95 Å². The Kier molecular flexibility index (Phi) is 5.23. The third kappa shape index (κ3) is 4.10. The van der Waals surface area contributed by atoms with Gasteiger partial charge in [0.05, 0.1) is 6.10 Å². The van der Waals surface area contributed by atoms with Crippen molar-refractivity contribution < 1.29 is 5.11 Å². The zero-order chi connectivity index (χ0) is 18.0. The average Bonchev–Trinajstić information content (AvgIpc) is 2.59. The number of aliphatic hydroxyl groups is 1. The van der Waals surface area contributed by atoms with Crippen LogP contribution in [-0.4, -0.2) is 27.7 Å². The molecule has 0 saturated heterocycles. The van der Waals surface area contributed by atoms with Gasteiger partial charge < -0.3 is 15.3 Å². The van der Waals surface area contributed by atoms with E-state index in [1.807, 2.05) is 13.0 Å². The molecule has 0 aliphatic carbocycles. The number of fused-ring (bicyclic) bond motifs is 1. The molecule has 0 bridgehead atoms. The highest BCUT2D eigenvalue weighted by Crippen LogP contribution is 2.27. The highest BCUT2D eigenvalue weighted by Gasteiger charge is 2.19. The predicted octanol–water partition coefficient (Wildman–Crippen LogP) is 3.48. The summed E-state index contributed by atoms with van der Waals surface area (Å²) in [5, 5.41) is 13.1. The molecule has 25 heavy (non-hydrogen) atoms. The van der Waals surface area contributed by atoms with E-state index >= 15 is 0 Å². The van der Waals surface area contributed by atoms with Gasteiger partial charge in [0.15, 0.2) is 0 Å². The molecule has 1 aliphatic rings. The summed E-state index contributed by atoms with van der Waals surface area (Å²) in [6, 6.07) is 8.71. The molecular weight excluding hydrogens is 312 g/mol. The van der Waals surface area contributed by atoms with E-state index in [1.54, 1.807) is 0 Å². The molecule has 5 nitrogen and oxygen atoms in total. The number of hydrogen-bond acceptors (Lipinski definition) is 5. The minimum absolute atomic E-state index is 0.306. The summed E-state index contributed by atoms with van der Waals surface area (Å²) in [4.78, 5) is 11.6. The van der Waals surface area contributed by atoms with Gasteiger partial charge in [0.1, 0.15) is 5.82 Å². The lowest BCUT2D eigenvalue weighted by Crippen LogP contribution is -2.31. The maximum Gasteiger partial charge on any atom is 0.225 e. The number of anilines is 2. The van der Waals surface area contributed by atoms with E-state index in [0.29, 0.717) is 12.0 Å². The number of nitrogens with one attached hydrogen (secondary N) is 1. The average molecular weight is 340 g/mol. The molecule has 3 rings (SSSR count). The molecule has 5 heteroatoms. The van der Waals surface area contributed by atoms with Gasteiger partial charge in [-0.05, 0) is 50.3 Å². The van der Waals surface area contributed by atoms with Gasteiger partial charge in [-0.15, -0.1) is 0 Å². The molecule has 2 heterocycles. The Labute approximate surface area is 150 Å². The fraction of sp³-hybridized carbons (Fsp3) is 0.500. The zero-order valence-corrected chi connectivity index (χ0v) is 15.6. The van der Waals surface area contributed by atoms with Crippen LogP contribution < -0.4 is 10.2 Å². The molecule has 0 amide bonds. The Morgan fingerprint density at radius 2 is 1.96 bits per heavy atom. The molecule has 134 valence electrons. The van der Waals surface area contributed by atoms with Crippen molar-refractivity contribution in [2.24, 2.45) is 0 Å². The Balaban J connectivity index is 1.86. The van der Waals surface area contributed by atoms with Crippen LogP contribution in [-0.2, 0) is 19.4 Å². The summed E-state index contributed by atoms with van der Waals surface area (Å²) in [5.74, 6) is 1.69. The smallest absolute Gasteiger partial charge is 0.225 e. The number of hydrogen-bond donors (Lipinski definition) is 2. The SMILES string of the molecule is CCc1cc(N2CCc3cc([C@H](C)O)ccc3C2)nc(NC(C)C)n1. The van der Waals surface area contributed by atoms with E-state index in [1.165, 1.54) is 11.1 Å². The van der Waals surface area contributed by atoms with E-state index in [-0.39, 0.29) is 0 Å². The maximum absolute atomic E-state index is 9.78. The number of rotatable bonds is 5. The van der Waals surface area contributed by atoms with Gasteiger partial charge in [0, 0.05) is 30.9 Å². The largest absolute Gasteiger partial charge is 0.389 e. The molecule has 0 saturated carbocycles. The third-order valence-electron chi connectivity index (χ3n) is 4.59. The van der Waals surface area contributed by atoms with Gasteiger partial charge in [0.25, 0.3) is 0 Å². The van der Waals surface area contributed by atoms with Gasteiger partial charge in [-0.25, -0.2) is 4.98 Å². The molecule has 2 N–H and O–H groups in total. The van der Waals surface area contributed by atoms with Gasteiger partial charge in [-0.1, -0.05) is 25.1 Å². The van der Waals surface area contributed by atoms with Crippen molar-refractivity contribution in [1.82, 2.24) is 9.97 Å². The van der Waals surface area contributed by atoms with Crippen LogP contribution in [0.4, 0.5) is 11.8 Å². The molecule has 1 aromatic carbocycles. The molecule has 1 atom stereocenters. The normalized spacial score (nSPS) is 15.2. The summed E-state index contributed by atoms with van der Waals surface area (Å²) < 4.78 is 0. The summed E-state index contributed by atoms with van der Waals surface area (Å²) >= 11 is 0. The van der Waals surface area contributed by atoms with Crippen molar-refractivity contribution in [1.29, 1.82) is 0 Å². The molecule has 2 aromatic rings. The van der Waals surface area contributed by atoms with Crippen LogP contribution >= 0.6 is 0 Å². The van der Waals surface area contributed by atoms with Gasteiger partial charge in [-0.2, -0.15) is 4.98 Å². The number of aliphatic hydroxyl groups excluding tert-OH is 1. The Hall–Kier alpha value is -2.14. The monoisotopic (exact) mass is 340 g/mol. The Morgan fingerprint density at radius 1 is 1.16 bits per heavy atom. The third-order valence-corrected chi connectivity index (χ3v) is 4.59. The van der Waals surface area contributed by atoms with E-state index in [9.17, 15) is 5.11 Å². The lowest BCUT2D eigenvalue weighted by molar-refractivity contribution is 0.199. The lowest BCUT2D eigenvalue weighted by Gasteiger charge is -2.31. The molecule has 1 aromatic heterocycles. The van der Waals surface area contributed by atoms with Crippen LogP contribution in [0.25, 0.3) is 0 Å². The van der Waals surface area contributed by atoms with Crippen LogP contribution in [0, 0.1) is 0 Å². The number of benzene rings is 1. The molecular formula is C20H28N4O. The molecule has 0 spiro atoms. The second kappa shape index (κ2) is 7.40. The maximum atomic E-state index is 9.78.